The van der Waals surface area contributed by atoms with E-state index in [0.29, 0.717) is 12.1 Å². The number of fused-ring (bicyclic) bond motifs is 1. The second-order valence-electron chi connectivity index (χ2n) is 10.7. The largest absolute Gasteiger partial charge is 0.493 e. The van der Waals surface area contributed by atoms with Crippen LogP contribution in [0.15, 0.2) is 42.5 Å². The zero-order valence-electron chi connectivity index (χ0n) is 23.9. The fourth-order valence-electron chi connectivity index (χ4n) is 4.49. The number of aliphatic hydroxyl groups is 2. The molecule has 0 radical (unpaired) electrons. The molecular formula is C29H28F7N3O6. The summed E-state index contributed by atoms with van der Waals surface area (Å²) >= 11 is 0. The highest BCUT2D eigenvalue weighted by atomic mass is 19.4. The van der Waals surface area contributed by atoms with E-state index in [-0.39, 0.29) is 41.6 Å². The van der Waals surface area contributed by atoms with Crippen molar-refractivity contribution < 1.29 is 60.0 Å². The summed E-state index contributed by atoms with van der Waals surface area (Å²) in [5, 5.41) is 22.5. The van der Waals surface area contributed by atoms with E-state index in [0.717, 1.165) is 18.2 Å². The lowest BCUT2D eigenvalue weighted by atomic mass is 9.89. The standard InChI is InChI=1S/C29H28F7N3O6/c1-14(40)11-44-20-7-5-16(9-21(20)43-3)25(41)38-12-27(42,29(34,35)36)22-10-18-24(45-13-26(18,2)37)23(39-22)15-4-6-19(30)17(8-15)28(31,32)33/h4-10,14,40,42H,11-13,37H2,1-3H3,(H,38,41)/t14-,26?,27?/m1/s1. The van der Waals surface area contributed by atoms with Gasteiger partial charge < -0.3 is 35.5 Å². The Bertz CT molecular complexity index is 1590. The van der Waals surface area contributed by atoms with Crippen LogP contribution < -0.4 is 25.3 Å². The first kappa shape index (κ1) is 33.7. The van der Waals surface area contributed by atoms with Crippen LogP contribution >= 0.6 is 0 Å². The molecule has 45 heavy (non-hydrogen) atoms. The number of amides is 1. The molecule has 0 aliphatic carbocycles. The lowest BCUT2D eigenvalue weighted by Crippen LogP contribution is -2.51. The summed E-state index contributed by atoms with van der Waals surface area (Å²) in [4.78, 5) is 16.8. The first-order valence-corrected chi connectivity index (χ1v) is 13.2. The summed E-state index contributed by atoms with van der Waals surface area (Å²) in [7, 11) is 1.25. The lowest BCUT2D eigenvalue weighted by molar-refractivity contribution is -0.265. The Labute approximate surface area is 251 Å². The van der Waals surface area contributed by atoms with Gasteiger partial charge in [0.2, 0.25) is 5.60 Å². The van der Waals surface area contributed by atoms with Gasteiger partial charge in [0.05, 0.1) is 36.6 Å². The molecule has 1 aliphatic rings. The maximum atomic E-state index is 14.6. The number of methoxy groups -OCH3 is 1. The highest BCUT2D eigenvalue weighted by molar-refractivity contribution is 5.95. The summed E-state index contributed by atoms with van der Waals surface area (Å²) in [5.41, 5.74) is -3.29. The minimum Gasteiger partial charge on any atom is -0.493 e. The van der Waals surface area contributed by atoms with E-state index in [1.54, 1.807) is 0 Å². The topological polar surface area (TPSA) is 136 Å². The molecule has 9 nitrogen and oxygen atoms in total. The van der Waals surface area contributed by atoms with Crippen LogP contribution in [0.3, 0.4) is 0 Å². The molecule has 1 amide bonds. The summed E-state index contributed by atoms with van der Waals surface area (Å²) < 4.78 is 114. The van der Waals surface area contributed by atoms with Crippen LogP contribution in [0.1, 0.15) is 41.0 Å². The maximum Gasteiger partial charge on any atom is 0.424 e. The van der Waals surface area contributed by atoms with Gasteiger partial charge in [-0.1, -0.05) is 0 Å². The molecule has 0 spiro atoms. The number of nitrogens with two attached hydrogens (primary N) is 1. The Kier molecular flexibility index (Phi) is 8.98. The number of alkyl halides is 6. The first-order valence-electron chi connectivity index (χ1n) is 13.2. The number of pyridine rings is 1. The van der Waals surface area contributed by atoms with Crippen molar-refractivity contribution in [1.29, 1.82) is 0 Å². The highest BCUT2D eigenvalue weighted by Gasteiger charge is 2.57. The molecule has 244 valence electrons. The highest BCUT2D eigenvalue weighted by Crippen LogP contribution is 2.47. The van der Waals surface area contributed by atoms with Crippen molar-refractivity contribution in [2.45, 2.75) is 43.4 Å². The second kappa shape index (κ2) is 12.0. The molecule has 3 atom stereocenters. The van der Waals surface area contributed by atoms with E-state index in [4.69, 9.17) is 19.9 Å². The number of halogens is 7. The molecule has 0 saturated heterocycles. The minimum absolute atomic E-state index is 0.0269. The van der Waals surface area contributed by atoms with Crippen LogP contribution in [-0.4, -0.2) is 60.3 Å². The summed E-state index contributed by atoms with van der Waals surface area (Å²) in [6.45, 7) is 0.957. The molecule has 2 heterocycles. The molecule has 4 rings (SSSR count). The van der Waals surface area contributed by atoms with E-state index in [1.165, 1.54) is 33.1 Å². The number of ether oxygens (including phenoxy) is 3. The number of aromatic nitrogens is 1. The van der Waals surface area contributed by atoms with Gasteiger partial charge in [0.25, 0.3) is 5.91 Å². The smallest absolute Gasteiger partial charge is 0.424 e. The second-order valence-corrected chi connectivity index (χ2v) is 10.7. The van der Waals surface area contributed by atoms with Gasteiger partial charge in [-0.2, -0.15) is 26.3 Å². The maximum absolute atomic E-state index is 14.6. The van der Waals surface area contributed by atoms with Gasteiger partial charge in [-0.05, 0) is 56.3 Å². The molecule has 5 N–H and O–H groups in total. The number of rotatable bonds is 9. The number of hydrogen-bond donors (Lipinski definition) is 4. The zero-order valence-corrected chi connectivity index (χ0v) is 23.9. The van der Waals surface area contributed by atoms with Crippen LogP contribution in [0, 0.1) is 5.82 Å². The lowest BCUT2D eigenvalue weighted by Gasteiger charge is -2.31. The normalized spacial score (nSPS) is 18.4. The van der Waals surface area contributed by atoms with Crippen molar-refractivity contribution >= 4 is 5.91 Å². The van der Waals surface area contributed by atoms with E-state index in [2.05, 4.69) is 4.98 Å². The Balaban J connectivity index is 1.76. The number of benzene rings is 2. The third kappa shape index (κ3) is 6.77. The van der Waals surface area contributed by atoms with Gasteiger partial charge in [-0.3, -0.25) is 4.79 Å². The van der Waals surface area contributed by atoms with Crippen molar-refractivity contribution in [3.05, 3.63) is 70.7 Å². The number of aliphatic hydroxyl groups excluding tert-OH is 1. The molecule has 2 unspecified atom stereocenters. The molecule has 0 saturated carbocycles. The van der Waals surface area contributed by atoms with Crippen molar-refractivity contribution in [2.24, 2.45) is 5.73 Å². The molecule has 3 aromatic rings. The van der Waals surface area contributed by atoms with E-state index >= 15 is 0 Å². The Hall–Kier alpha value is -4.15. The van der Waals surface area contributed by atoms with Gasteiger partial charge in [-0.25, -0.2) is 9.37 Å². The third-order valence-electron chi connectivity index (χ3n) is 6.95. The number of hydrogen-bond acceptors (Lipinski definition) is 8. The average molecular weight is 648 g/mol. The number of nitrogens with one attached hydrogen (secondary N) is 1. The van der Waals surface area contributed by atoms with Crippen molar-refractivity contribution in [2.75, 3.05) is 26.9 Å². The predicted octanol–water partition coefficient (Wildman–Crippen LogP) is 4.42. The SMILES string of the molecule is COc1cc(C(=O)NCC(O)(c2cc3c(c(-c4ccc(F)c(C(F)(F)F)c4)n2)OCC3(C)N)C(F)(F)F)ccc1OC[C@@H](C)O. The van der Waals surface area contributed by atoms with Crippen molar-refractivity contribution in [3.63, 3.8) is 0 Å². The van der Waals surface area contributed by atoms with Crippen LogP contribution in [0.5, 0.6) is 17.2 Å². The zero-order chi connectivity index (χ0) is 33.5. The van der Waals surface area contributed by atoms with Gasteiger partial charge in [-0.15, -0.1) is 0 Å². The third-order valence-corrected chi connectivity index (χ3v) is 6.95. The molecule has 0 fully saturated rings. The van der Waals surface area contributed by atoms with E-state index < -0.39 is 70.4 Å². The molecule has 1 aromatic heterocycles. The molecule has 1 aliphatic heterocycles. The number of nitrogens with zero attached hydrogens (tertiary/aromatic N) is 1. The molecule has 2 aromatic carbocycles. The van der Waals surface area contributed by atoms with E-state index in [1.807, 2.05) is 5.32 Å². The van der Waals surface area contributed by atoms with Crippen LogP contribution in [0.4, 0.5) is 30.7 Å². The van der Waals surface area contributed by atoms with Crippen LogP contribution in [-0.2, 0) is 17.3 Å². The average Bonchev–Trinajstić information content (AvgIpc) is 3.27. The molecule has 0 bridgehead atoms. The van der Waals surface area contributed by atoms with Gasteiger partial charge in [0, 0.05) is 16.7 Å². The summed E-state index contributed by atoms with van der Waals surface area (Å²) in [6.07, 6.45) is -11.5. The monoisotopic (exact) mass is 647 g/mol. The minimum atomic E-state index is -5.49. The van der Waals surface area contributed by atoms with Crippen molar-refractivity contribution in [3.8, 4) is 28.5 Å². The van der Waals surface area contributed by atoms with Crippen LogP contribution in [0.2, 0.25) is 0 Å². The fraction of sp³-hybridized carbons (Fsp3) is 0.379. The van der Waals surface area contributed by atoms with Gasteiger partial charge in [0.15, 0.2) is 17.2 Å². The quantitative estimate of drug-likeness (QED) is 0.251. The summed E-state index contributed by atoms with van der Waals surface area (Å²) in [5.74, 6) is -2.78. The van der Waals surface area contributed by atoms with Crippen molar-refractivity contribution in [1.82, 2.24) is 10.3 Å². The molecule has 16 heteroatoms. The van der Waals surface area contributed by atoms with Gasteiger partial charge in [0.1, 0.15) is 24.7 Å². The van der Waals surface area contributed by atoms with E-state index in [9.17, 15) is 45.7 Å². The van der Waals surface area contributed by atoms with Crippen LogP contribution in [0.25, 0.3) is 11.3 Å². The number of carbonyl (C=O) groups excluding carboxylic acids is 1. The van der Waals surface area contributed by atoms with Gasteiger partial charge >= 0.3 is 12.4 Å². The Morgan fingerprint density at radius 1 is 1.13 bits per heavy atom. The Morgan fingerprint density at radius 2 is 1.82 bits per heavy atom. The predicted molar refractivity (Wildman–Crippen MR) is 144 cm³/mol. The first-order chi connectivity index (χ1) is 20.8. The fourth-order valence-corrected chi connectivity index (χ4v) is 4.49. The number of carbonyl (C=O) groups is 1. The molecular weight excluding hydrogens is 619 g/mol. The Morgan fingerprint density at radius 3 is 2.42 bits per heavy atom. The summed E-state index contributed by atoms with van der Waals surface area (Å²) in [6, 6.07) is 6.15.